The van der Waals surface area contributed by atoms with Crippen molar-refractivity contribution in [1.29, 1.82) is 0 Å². The third-order valence-corrected chi connectivity index (χ3v) is 11.9. The van der Waals surface area contributed by atoms with Gasteiger partial charge in [0, 0.05) is 29.1 Å². The number of carbonyl (C=O) groups excluding carboxylic acids is 4. The van der Waals surface area contributed by atoms with Gasteiger partial charge in [0.2, 0.25) is 0 Å². The quantitative estimate of drug-likeness (QED) is 0.0958. The molecule has 0 bridgehead atoms. The SMILES string of the molecule is C=C(C)B1OC(C)(C)C(C)(C)O1.C=C(C)c1c(F)cc(F)cc1[C@H]1C(C(=O)OC)=C(C)NC2=C1C(=O)OC2.COC(=O)C1=C(C)NC2=C(C(=O)OC2)[C@H]1c1cc(F)cc(F)c1Br. The maximum Gasteiger partial charge on any atom is 0.489 e. The van der Waals surface area contributed by atoms with E-state index in [1.54, 1.807) is 20.8 Å². The number of rotatable bonds is 6. The van der Waals surface area contributed by atoms with E-state index in [-0.39, 0.29) is 75.0 Å². The van der Waals surface area contributed by atoms with Crippen LogP contribution in [0.5, 0.6) is 0 Å². The van der Waals surface area contributed by atoms with Crippen molar-refractivity contribution in [2.75, 3.05) is 27.4 Å². The Hall–Kier alpha value is -5.46. The van der Waals surface area contributed by atoms with E-state index in [1.807, 2.05) is 34.6 Å². The minimum absolute atomic E-state index is 0.00331. The van der Waals surface area contributed by atoms with Crippen LogP contribution in [-0.4, -0.2) is 69.6 Å². The van der Waals surface area contributed by atoms with E-state index in [1.165, 1.54) is 14.2 Å². The molecule has 5 aliphatic heterocycles. The van der Waals surface area contributed by atoms with Crippen molar-refractivity contribution in [3.63, 3.8) is 0 Å². The summed E-state index contributed by atoms with van der Waals surface area (Å²) in [6.07, 6.45) is 0. The summed E-state index contributed by atoms with van der Waals surface area (Å²) >= 11 is 3.07. The highest BCUT2D eigenvalue weighted by Gasteiger charge is 2.51. The van der Waals surface area contributed by atoms with Gasteiger partial charge in [0.05, 0.1) is 75.4 Å². The molecule has 5 aliphatic rings. The highest BCUT2D eigenvalue weighted by molar-refractivity contribution is 9.10. The van der Waals surface area contributed by atoms with Gasteiger partial charge in [-0.25, -0.2) is 36.7 Å². The maximum atomic E-state index is 14.5. The van der Waals surface area contributed by atoms with Crippen molar-refractivity contribution in [1.82, 2.24) is 10.6 Å². The van der Waals surface area contributed by atoms with Crippen molar-refractivity contribution in [2.45, 2.75) is 78.4 Å². The molecule has 0 radical (unpaired) electrons. The number of benzene rings is 2. The highest BCUT2D eigenvalue weighted by atomic mass is 79.9. The van der Waals surface area contributed by atoms with Crippen LogP contribution in [0.3, 0.4) is 0 Å². The lowest BCUT2D eigenvalue weighted by atomic mass is 9.78. The molecule has 2 N–H and O–H groups in total. The van der Waals surface area contributed by atoms with E-state index in [0.717, 1.165) is 23.7 Å². The number of ether oxygens (including phenoxy) is 4. The van der Waals surface area contributed by atoms with Crippen molar-refractivity contribution in [2.24, 2.45) is 0 Å². The van der Waals surface area contributed by atoms with E-state index in [4.69, 9.17) is 28.3 Å². The number of dihydropyridines is 2. The van der Waals surface area contributed by atoms with Crippen molar-refractivity contribution in [3.8, 4) is 0 Å². The van der Waals surface area contributed by atoms with Crippen molar-refractivity contribution in [3.05, 3.63) is 132 Å². The van der Waals surface area contributed by atoms with Crippen LogP contribution in [0.15, 0.2) is 92.4 Å². The number of cyclic esters (lactones) is 2. The average Bonchev–Trinajstić information content (AvgIpc) is 3.81. The molecule has 330 valence electrons. The molecule has 7 rings (SSSR count). The fourth-order valence-electron chi connectivity index (χ4n) is 7.42. The van der Waals surface area contributed by atoms with Crippen LogP contribution in [0.2, 0.25) is 0 Å². The predicted octanol–water partition coefficient (Wildman–Crippen LogP) is 7.81. The molecule has 0 amide bonds. The number of allylic oxidation sites excluding steroid dienone is 4. The van der Waals surface area contributed by atoms with Crippen molar-refractivity contribution >= 4 is 52.5 Å². The zero-order chi connectivity index (χ0) is 46.3. The zero-order valence-corrected chi connectivity index (χ0v) is 37.4. The van der Waals surface area contributed by atoms with E-state index < -0.39 is 59.0 Å². The van der Waals surface area contributed by atoms with Gasteiger partial charge in [-0.15, -0.1) is 6.58 Å². The number of esters is 4. The van der Waals surface area contributed by atoms with Crippen LogP contribution >= 0.6 is 15.9 Å². The van der Waals surface area contributed by atoms with Gasteiger partial charge in [-0.2, -0.15) is 0 Å². The number of methoxy groups -OCH3 is 2. The third kappa shape index (κ3) is 9.04. The zero-order valence-electron chi connectivity index (χ0n) is 35.8. The second-order valence-electron chi connectivity index (χ2n) is 16.0. The molecular weight excluding hydrogens is 883 g/mol. The summed E-state index contributed by atoms with van der Waals surface area (Å²) in [5.74, 6) is -8.02. The molecular formula is C44H46BBrF4N2O10. The van der Waals surface area contributed by atoms with E-state index in [9.17, 15) is 36.7 Å². The molecule has 0 aromatic heterocycles. The summed E-state index contributed by atoms with van der Waals surface area (Å²) in [7, 11) is 2.15. The number of halogens is 5. The lowest BCUT2D eigenvalue weighted by molar-refractivity contribution is -0.138. The van der Waals surface area contributed by atoms with Gasteiger partial charge in [-0.05, 0) is 100 Å². The molecule has 5 heterocycles. The van der Waals surface area contributed by atoms with Crippen LogP contribution in [0.4, 0.5) is 17.6 Å². The Morgan fingerprint density at radius 3 is 1.53 bits per heavy atom. The molecule has 1 fully saturated rings. The second kappa shape index (κ2) is 18.1. The molecule has 0 spiro atoms. The minimum Gasteiger partial charge on any atom is -0.466 e. The van der Waals surface area contributed by atoms with Gasteiger partial charge in [0.25, 0.3) is 0 Å². The van der Waals surface area contributed by atoms with E-state index >= 15 is 0 Å². The smallest absolute Gasteiger partial charge is 0.466 e. The van der Waals surface area contributed by atoms with Crippen molar-refractivity contribution < 1.29 is 65.0 Å². The van der Waals surface area contributed by atoms with E-state index in [0.29, 0.717) is 34.4 Å². The first-order valence-electron chi connectivity index (χ1n) is 19.1. The first-order chi connectivity index (χ1) is 28.9. The molecule has 2 atom stereocenters. The third-order valence-electron chi connectivity index (χ3n) is 11.0. The van der Waals surface area contributed by atoms with Crippen LogP contribution in [0.1, 0.15) is 83.9 Å². The maximum absolute atomic E-state index is 14.5. The lowest BCUT2D eigenvalue weighted by Crippen LogP contribution is -2.41. The lowest BCUT2D eigenvalue weighted by Gasteiger charge is -2.32. The predicted molar refractivity (Wildman–Crippen MR) is 223 cm³/mol. The van der Waals surface area contributed by atoms with E-state index in [2.05, 4.69) is 39.7 Å². The normalized spacial score (nSPS) is 20.7. The molecule has 62 heavy (non-hydrogen) atoms. The van der Waals surface area contributed by atoms with Gasteiger partial charge in [0.15, 0.2) is 0 Å². The summed E-state index contributed by atoms with van der Waals surface area (Å²) < 4.78 is 87.3. The summed E-state index contributed by atoms with van der Waals surface area (Å²) in [6, 6.07) is 3.64. The Labute approximate surface area is 365 Å². The van der Waals surface area contributed by atoms with Crippen LogP contribution in [0.25, 0.3) is 5.57 Å². The Kier molecular flexibility index (Phi) is 13.9. The minimum atomic E-state index is -1.02. The monoisotopic (exact) mass is 928 g/mol. The molecule has 0 unspecified atom stereocenters. The molecule has 12 nitrogen and oxygen atoms in total. The highest BCUT2D eigenvalue weighted by Crippen LogP contribution is 2.46. The summed E-state index contributed by atoms with van der Waals surface area (Å²) in [4.78, 5) is 49.1. The Morgan fingerprint density at radius 2 is 1.15 bits per heavy atom. The first kappa shape index (κ1) is 47.6. The second-order valence-corrected chi connectivity index (χ2v) is 16.8. The molecule has 2 aromatic rings. The average molecular weight is 930 g/mol. The topological polar surface area (TPSA) is 148 Å². The van der Waals surface area contributed by atoms with Gasteiger partial charge >= 0.3 is 31.0 Å². The summed E-state index contributed by atoms with van der Waals surface area (Å²) in [5, 5.41) is 5.89. The van der Waals surface area contributed by atoms with Gasteiger partial charge < -0.3 is 38.9 Å². The van der Waals surface area contributed by atoms with Crippen LogP contribution in [0, 0.1) is 23.3 Å². The molecule has 18 heteroatoms. The van der Waals surface area contributed by atoms with Gasteiger partial charge in [0.1, 0.15) is 36.5 Å². The Balaban J connectivity index is 0.000000187. The molecule has 1 saturated heterocycles. The Bertz CT molecular complexity index is 2420. The summed E-state index contributed by atoms with van der Waals surface area (Å²) in [5.41, 5.74) is 3.34. The largest absolute Gasteiger partial charge is 0.489 e. The molecule has 0 aliphatic carbocycles. The fourth-order valence-corrected chi connectivity index (χ4v) is 7.88. The van der Waals surface area contributed by atoms with Gasteiger partial charge in [-0.3, -0.25) is 0 Å². The first-order valence-corrected chi connectivity index (χ1v) is 19.9. The van der Waals surface area contributed by atoms with Crippen LogP contribution in [-0.2, 0) is 47.4 Å². The van der Waals surface area contributed by atoms with Crippen LogP contribution < -0.4 is 10.6 Å². The van der Waals surface area contributed by atoms with Gasteiger partial charge in [-0.1, -0.05) is 12.1 Å². The fraction of sp³-hybridized carbons (Fsp3) is 0.364. The number of hydrogen-bond donors (Lipinski definition) is 2. The Morgan fingerprint density at radius 1 is 0.742 bits per heavy atom. The number of carbonyl (C=O) groups is 4. The molecule has 0 saturated carbocycles. The summed E-state index contributed by atoms with van der Waals surface area (Å²) in [6.45, 7) is 22.4. The number of hydrogen-bond acceptors (Lipinski definition) is 12. The number of nitrogens with one attached hydrogen (secondary N) is 2. The standard InChI is InChI=1S/C19H17F2NO4.C16H12BrF2NO4.C9H17BO2/c1-8(2)14-11(5-10(20)6-12(14)21)16-15(18(23)25-4)9(3)22-13-7-26-19(24)17(13)16;1-6-11(15(21)23-2)12(13-10(20-6)5-24-16(13)22)8-3-7(18)4-9(19)14(8)17;1-7(2)10-11-8(3,4)9(5,6)12-10/h5-6,16,22H,1,7H2,2-4H3;3-4,12,20H,5H2,1-2H3;1H2,2-6H3/t16-;12-;/m00./s1. The molecule has 2 aromatic carbocycles.